The van der Waals surface area contributed by atoms with E-state index >= 15 is 0 Å². The molecule has 1 aromatic carbocycles. The van der Waals surface area contributed by atoms with Gasteiger partial charge in [0.15, 0.2) is 0 Å². The Morgan fingerprint density at radius 3 is 2.88 bits per heavy atom. The lowest BCUT2D eigenvalue weighted by Gasteiger charge is -2.11. The van der Waals surface area contributed by atoms with Crippen LogP contribution < -0.4 is 10.2 Å². The number of nitrogens with zero attached hydrogens (tertiary/aromatic N) is 1. The highest BCUT2D eigenvalue weighted by molar-refractivity contribution is 7.17. The molecule has 1 saturated heterocycles. The van der Waals surface area contributed by atoms with Crippen molar-refractivity contribution in [3.05, 3.63) is 29.6 Å². The lowest BCUT2D eigenvalue weighted by atomic mass is 10.2. The average molecular weight is 232 g/mol. The van der Waals surface area contributed by atoms with Crippen molar-refractivity contribution in [2.45, 2.75) is 0 Å². The van der Waals surface area contributed by atoms with Gasteiger partial charge in [0.2, 0.25) is 0 Å². The molecule has 3 amide bonds. The Morgan fingerprint density at radius 1 is 1.25 bits per heavy atom. The second-order valence-corrected chi connectivity index (χ2v) is 4.48. The number of anilines is 1. The van der Waals surface area contributed by atoms with Gasteiger partial charge < -0.3 is 5.32 Å². The summed E-state index contributed by atoms with van der Waals surface area (Å²) in [4.78, 5) is 24.1. The first-order valence-corrected chi connectivity index (χ1v) is 5.72. The normalized spacial score (nSPS) is 15.9. The van der Waals surface area contributed by atoms with Crippen LogP contribution in [0.2, 0.25) is 0 Å². The Labute approximate surface area is 95.5 Å². The maximum Gasteiger partial charge on any atom is 0.329 e. The van der Waals surface area contributed by atoms with Gasteiger partial charge in [0.25, 0.3) is 5.91 Å². The van der Waals surface area contributed by atoms with E-state index in [2.05, 4.69) is 5.32 Å². The SMILES string of the molecule is O=C1CNC(=O)N1c1ccc2sccc2c1. The van der Waals surface area contributed by atoms with E-state index in [0.717, 1.165) is 10.1 Å². The lowest BCUT2D eigenvalue weighted by Crippen LogP contribution is -2.30. The van der Waals surface area contributed by atoms with Crippen LogP contribution in [0.1, 0.15) is 0 Å². The molecule has 5 heteroatoms. The van der Waals surface area contributed by atoms with Gasteiger partial charge in [-0.25, -0.2) is 9.69 Å². The molecule has 2 aromatic rings. The number of hydrogen-bond donors (Lipinski definition) is 1. The quantitative estimate of drug-likeness (QED) is 0.764. The van der Waals surface area contributed by atoms with Gasteiger partial charge >= 0.3 is 6.03 Å². The van der Waals surface area contributed by atoms with E-state index in [1.165, 1.54) is 4.90 Å². The van der Waals surface area contributed by atoms with Crippen LogP contribution in [0.25, 0.3) is 10.1 Å². The third-order valence-electron chi connectivity index (χ3n) is 2.54. The van der Waals surface area contributed by atoms with Crippen molar-refractivity contribution >= 4 is 39.0 Å². The largest absolute Gasteiger partial charge is 0.329 e. The fraction of sp³-hybridized carbons (Fsp3) is 0.0909. The van der Waals surface area contributed by atoms with Crippen molar-refractivity contribution in [3.63, 3.8) is 0 Å². The Bertz CT molecular complexity index is 574. The van der Waals surface area contributed by atoms with Crippen molar-refractivity contribution < 1.29 is 9.59 Å². The zero-order valence-electron chi connectivity index (χ0n) is 8.27. The number of amides is 3. The predicted octanol–water partition coefficient (Wildman–Crippen LogP) is 1.96. The van der Waals surface area contributed by atoms with Crippen LogP contribution in [0.15, 0.2) is 29.6 Å². The van der Waals surface area contributed by atoms with Crippen LogP contribution in [-0.2, 0) is 4.79 Å². The summed E-state index contributed by atoms with van der Waals surface area (Å²) in [6, 6.07) is 7.20. The van der Waals surface area contributed by atoms with Crippen molar-refractivity contribution in [2.24, 2.45) is 0 Å². The summed E-state index contributed by atoms with van der Waals surface area (Å²) in [5.74, 6) is -0.209. The molecule has 2 heterocycles. The maximum absolute atomic E-state index is 11.5. The molecule has 1 fully saturated rings. The van der Waals surface area contributed by atoms with Crippen molar-refractivity contribution in [2.75, 3.05) is 11.4 Å². The first kappa shape index (κ1) is 9.35. The van der Waals surface area contributed by atoms with E-state index in [-0.39, 0.29) is 18.5 Å². The zero-order valence-corrected chi connectivity index (χ0v) is 9.08. The summed E-state index contributed by atoms with van der Waals surface area (Å²) < 4.78 is 1.15. The highest BCUT2D eigenvalue weighted by atomic mass is 32.1. The number of hydrogen-bond acceptors (Lipinski definition) is 3. The van der Waals surface area contributed by atoms with Crippen molar-refractivity contribution in [1.29, 1.82) is 0 Å². The van der Waals surface area contributed by atoms with Gasteiger partial charge in [0.05, 0.1) is 12.2 Å². The second kappa shape index (κ2) is 3.31. The number of carbonyl (C=O) groups is 2. The fourth-order valence-electron chi connectivity index (χ4n) is 1.78. The summed E-state index contributed by atoms with van der Waals surface area (Å²) in [6.45, 7) is 0.0838. The molecule has 80 valence electrons. The van der Waals surface area contributed by atoms with Gasteiger partial charge in [0.1, 0.15) is 0 Å². The molecule has 3 rings (SSSR count). The number of benzene rings is 1. The fourth-order valence-corrected chi connectivity index (χ4v) is 2.55. The molecule has 1 aliphatic rings. The first-order chi connectivity index (χ1) is 7.75. The number of imide groups is 1. The van der Waals surface area contributed by atoms with Crippen LogP contribution in [0, 0.1) is 0 Å². The second-order valence-electron chi connectivity index (χ2n) is 3.53. The topological polar surface area (TPSA) is 49.4 Å². The van der Waals surface area contributed by atoms with Gasteiger partial charge in [-0.15, -0.1) is 11.3 Å². The zero-order chi connectivity index (χ0) is 11.1. The predicted molar refractivity (Wildman–Crippen MR) is 62.7 cm³/mol. The molecule has 16 heavy (non-hydrogen) atoms. The minimum Gasteiger partial charge on any atom is -0.328 e. The Hall–Kier alpha value is -1.88. The first-order valence-electron chi connectivity index (χ1n) is 4.84. The van der Waals surface area contributed by atoms with E-state index in [4.69, 9.17) is 0 Å². The number of nitrogens with one attached hydrogen (secondary N) is 1. The molecule has 0 saturated carbocycles. The number of urea groups is 1. The van der Waals surface area contributed by atoms with E-state index < -0.39 is 0 Å². The number of rotatable bonds is 1. The van der Waals surface area contributed by atoms with Gasteiger partial charge in [-0.2, -0.15) is 0 Å². The van der Waals surface area contributed by atoms with Gasteiger partial charge in [-0.1, -0.05) is 0 Å². The minimum atomic E-state index is -0.348. The highest BCUT2D eigenvalue weighted by Gasteiger charge is 2.29. The van der Waals surface area contributed by atoms with Gasteiger partial charge in [0, 0.05) is 4.70 Å². The monoisotopic (exact) mass is 232 g/mol. The lowest BCUT2D eigenvalue weighted by molar-refractivity contribution is -0.115. The van der Waals surface area contributed by atoms with Crippen molar-refractivity contribution in [1.82, 2.24) is 5.32 Å². The van der Waals surface area contributed by atoms with Crippen LogP contribution in [0.3, 0.4) is 0 Å². The van der Waals surface area contributed by atoms with Crippen LogP contribution in [0.4, 0.5) is 10.5 Å². The third kappa shape index (κ3) is 1.29. The molecule has 0 unspecified atom stereocenters. The van der Waals surface area contributed by atoms with Gasteiger partial charge in [-0.3, -0.25) is 4.79 Å². The minimum absolute atomic E-state index is 0.0838. The summed E-state index contributed by atoms with van der Waals surface area (Å²) in [7, 11) is 0. The smallest absolute Gasteiger partial charge is 0.328 e. The summed E-state index contributed by atoms with van der Waals surface area (Å²) in [5.41, 5.74) is 0.630. The molecular formula is C11H8N2O2S. The van der Waals surface area contributed by atoms with Crippen LogP contribution in [0.5, 0.6) is 0 Å². The van der Waals surface area contributed by atoms with E-state index in [0.29, 0.717) is 5.69 Å². The molecule has 0 radical (unpaired) electrons. The van der Waals surface area contributed by atoms with Crippen LogP contribution in [-0.4, -0.2) is 18.5 Å². The Kier molecular flexibility index (Phi) is 1.94. The number of thiophene rings is 1. The van der Waals surface area contributed by atoms with Crippen molar-refractivity contribution in [3.8, 4) is 0 Å². The maximum atomic E-state index is 11.5. The Morgan fingerprint density at radius 2 is 2.12 bits per heavy atom. The molecule has 1 N–H and O–H groups in total. The molecule has 0 aliphatic carbocycles. The average Bonchev–Trinajstić information content (AvgIpc) is 2.85. The van der Waals surface area contributed by atoms with Crippen LogP contribution >= 0.6 is 11.3 Å². The Balaban J connectivity index is 2.11. The van der Waals surface area contributed by atoms with E-state index in [1.807, 2.05) is 23.6 Å². The summed E-state index contributed by atoms with van der Waals surface area (Å²) in [6.07, 6.45) is 0. The van der Waals surface area contributed by atoms with E-state index in [9.17, 15) is 9.59 Å². The molecule has 4 nitrogen and oxygen atoms in total. The molecular weight excluding hydrogens is 224 g/mol. The molecule has 0 atom stereocenters. The summed E-state index contributed by atoms with van der Waals surface area (Å²) >= 11 is 1.64. The number of fused-ring (bicyclic) bond motifs is 1. The molecule has 0 bridgehead atoms. The van der Waals surface area contributed by atoms with E-state index in [1.54, 1.807) is 17.4 Å². The standard InChI is InChI=1S/C11H8N2O2S/c14-10-6-12-11(15)13(10)8-1-2-9-7(5-8)3-4-16-9/h1-5H,6H2,(H,12,15). The highest BCUT2D eigenvalue weighted by Crippen LogP contribution is 2.26. The third-order valence-corrected chi connectivity index (χ3v) is 3.44. The van der Waals surface area contributed by atoms with Gasteiger partial charge in [-0.05, 0) is 35.0 Å². The molecule has 0 spiro atoms. The summed E-state index contributed by atoms with van der Waals surface area (Å²) in [5, 5.41) is 5.54. The molecule has 1 aliphatic heterocycles. The molecule has 1 aromatic heterocycles. The number of carbonyl (C=O) groups excluding carboxylic acids is 2.